The summed E-state index contributed by atoms with van der Waals surface area (Å²) in [7, 11) is 0. The number of benzene rings is 1. The molecule has 0 saturated heterocycles. The number of carbonyl (C=O) groups is 3. The van der Waals surface area contributed by atoms with Crippen molar-refractivity contribution in [1.82, 2.24) is 5.32 Å². The molecule has 2 N–H and O–H groups in total. The molecule has 1 aromatic carbocycles. The highest BCUT2D eigenvalue weighted by atomic mass is 32.1. The molecule has 25 heavy (non-hydrogen) atoms. The molecule has 2 aromatic rings. The lowest BCUT2D eigenvalue weighted by Gasteiger charge is -2.07. The van der Waals surface area contributed by atoms with Crippen LogP contribution in [-0.4, -0.2) is 30.9 Å². The Labute approximate surface area is 148 Å². The van der Waals surface area contributed by atoms with Gasteiger partial charge in [-0.05, 0) is 29.6 Å². The van der Waals surface area contributed by atoms with Gasteiger partial charge in [0.1, 0.15) is 0 Å². The van der Waals surface area contributed by atoms with Crippen molar-refractivity contribution in [2.45, 2.75) is 6.42 Å². The van der Waals surface area contributed by atoms with Gasteiger partial charge in [0.25, 0.3) is 11.8 Å². The van der Waals surface area contributed by atoms with E-state index in [-0.39, 0.29) is 24.4 Å². The van der Waals surface area contributed by atoms with Gasteiger partial charge in [-0.3, -0.25) is 9.59 Å². The van der Waals surface area contributed by atoms with E-state index in [1.807, 2.05) is 6.07 Å². The number of anilines is 1. The molecule has 0 unspecified atom stereocenters. The molecular formula is C17H15N3O4S. The molecule has 0 radical (unpaired) electrons. The van der Waals surface area contributed by atoms with Crippen LogP contribution in [0.3, 0.4) is 0 Å². The molecule has 0 spiro atoms. The molecule has 2 amide bonds. The Hall–Kier alpha value is -3.18. The van der Waals surface area contributed by atoms with Gasteiger partial charge in [0.05, 0.1) is 22.9 Å². The van der Waals surface area contributed by atoms with Gasteiger partial charge in [-0.25, -0.2) is 4.79 Å². The molecule has 0 fully saturated rings. The zero-order valence-corrected chi connectivity index (χ0v) is 14.0. The third-order valence-electron chi connectivity index (χ3n) is 2.99. The maximum Gasteiger partial charge on any atom is 0.338 e. The van der Waals surface area contributed by atoms with Crippen LogP contribution >= 0.6 is 11.3 Å². The average molecular weight is 357 g/mol. The molecule has 0 atom stereocenters. The maximum absolute atomic E-state index is 12.0. The van der Waals surface area contributed by atoms with Crippen molar-refractivity contribution in [2.75, 3.05) is 18.5 Å². The minimum absolute atomic E-state index is 0.186. The van der Waals surface area contributed by atoms with E-state index in [1.54, 1.807) is 29.6 Å². The molecule has 8 heteroatoms. The van der Waals surface area contributed by atoms with E-state index >= 15 is 0 Å². The predicted octanol–water partition coefficient (Wildman–Crippen LogP) is 2.19. The van der Waals surface area contributed by atoms with E-state index in [0.29, 0.717) is 10.6 Å². The van der Waals surface area contributed by atoms with E-state index in [0.717, 1.165) is 0 Å². The van der Waals surface area contributed by atoms with E-state index < -0.39 is 18.5 Å². The largest absolute Gasteiger partial charge is 0.452 e. The second-order valence-electron chi connectivity index (χ2n) is 4.85. The number of amides is 2. The summed E-state index contributed by atoms with van der Waals surface area (Å²) in [6, 6.07) is 11.6. The van der Waals surface area contributed by atoms with Crippen molar-refractivity contribution in [3.8, 4) is 6.07 Å². The number of nitrogens with zero attached hydrogens (tertiary/aromatic N) is 1. The molecule has 0 bridgehead atoms. The van der Waals surface area contributed by atoms with Gasteiger partial charge in [0.2, 0.25) is 0 Å². The van der Waals surface area contributed by atoms with Crippen LogP contribution in [0.1, 0.15) is 26.5 Å². The third-order valence-corrected chi connectivity index (χ3v) is 3.86. The molecular weight excluding hydrogens is 342 g/mol. The number of thiophene rings is 1. The van der Waals surface area contributed by atoms with Gasteiger partial charge in [0.15, 0.2) is 6.61 Å². The number of hydrogen-bond donors (Lipinski definition) is 2. The first-order valence-corrected chi connectivity index (χ1v) is 8.24. The Bertz CT molecular complexity index is 796. The summed E-state index contributed by atoms with van der Waals surface area (Å²) < 4.78 is 4.91. The molecule has 0 aliphatic heterocycles. The van der Waals surface area contributed by atoms with Crippen LogP contribution < -0.4 is 10.6 Å². The Morgan fingerprint density at radius 3 is 2.76 bits per heavy atom. The highest BCUT2D eigenvalue weighted by Gasteiger charge is 2.12. The topological polar surface area (TPSA) is 108 Å². The zero-order valence-electron chi connectivity index (χ0n) is 13.2. The molecule has 0 saturated carbocycles. The van der Waals surface area contributed by atoms with Crippen LogP contribution in [0.5, 0.6) is 0 Å². The second kappa shape index (κ2) is 9.20. The Balaban J connectivity index is 1.89. The van der Waals surface area contributed by atoms with E-state index in [1.165, 1.54) is 23.5 Å². The van der Waals surface area contributed by atoms with Gasteiger partial charge < -0.3 is 15.4 Å². The number of hydrogen-bond acceptors (Lipinski definition) is 6. The molecule has 7 nitrogen and oxygen atoms in total. The van der Waals surface area contributed by atoms with Crippen LogP contribution in [0.2, 0.25) is 0 Å². The lowest BCUT2D eigenvalue weighted by Crippen LogP contribution is -2.29. The van der Waals surface area contributed by atoms with Crippen LogP contribution in [-0.2, 0) is 9.53 Å². The number of ether oxygens (including phenoxy) is 1. The molecule has 0 aliphatic carbocycles. The first-order chi connectivity index (χ1) is 12.1. The highest BCUT2D eigenvalue weighted by Crippen LogP contribution is 2.15. The summed E-state index contributed by atoms with van der Waals surface area (Å²) in [4.78, 5) is 36.0. The van der Waals surface area contributed by atoms with Gasteiger partial charge >= 0.3 is 5.97 Å². The fraction of sp³-hybridized carbons (Fsp3) is 0.176. The Kier molecular flexibility index (Phi) is 6.68. The number of rotatable bonds is 7. The van der Waals surface area contributed by atoms with Gasteiger partial charge in [0, 0.05) is 12.2 Å². The zero-order chi connectivity index (χ0) is 18.1. The minimum Gasteiger partial charge on any atom is -0.452 e. The standard InChI is InChI=1S/C17H15N3O4S/c18-7-3-8-19-15(21)11-24-17(23)12-4-1-5-13(10-12)20-16(22)14-6-2-9-25-14/h1-2,4-6,9-10H,3,8,11H2,(H,19,21)(H,20,22). The van der Waals surface area contributed by atoms with Crippen molar-refractivity contribution in [1.29, 1.82) is 5.26 Å². The van der Waals surface area contributed by atoms with Crippen LogP contribution in [0.15, 0.2) is 41.8 Å². The van der Waals surface area contributed by atoms with Crippen LogP contribution in [0.25, 0.3) is 0 Å². The molecule has 2 rings (SSSR count). The average Bonchev–Trinajstić information content (AvgIpc) is 3.15. The van der Waals surface area contributed by atoms with Crippen molar-refractivity contribution >= 4 is 34.8 Å². The summed E-state index contributed by atoms with van der Waals surface area (Å²) in [5.74, 6) is -1.43. The Morgan fingerprint density at radius 2 is 2.04 bits per heavy atom. The van der Waals surface area contributed by atoms with Gasteiger partial charge in [-0.2, -0.15) is 5.26 Å². The number of carbonyl (C=O) groups excluding carboxylic acids is 3. The molecule has 1 aromatic heterocycles. The lowest BCUT2D eigenvalue weighted by molar-refractivity contribution is -0.124. The summed E-state index contributed by atoms with van der Waals surface area (Å²) in [5.41, 5.74) is 0.667. The van der Waals surface area contributed by atoms with E-state index in [2.05, 4.69) is 10.6 Å². The van der Waals surface area contributed by atoms with E-state index in [9.17, 15) is 14.4 Å². The van der Waals surface area contributed by atoms with Gasteiger partial charge in [-0.1, -0.05) is 12.1 Å². The number of esters is 1. The second-order valence-corrected chi connectivity index (χ2v) is 5.79. The third kappa shape index (κ3) is 5.75. The van der Waals surface area contributed by atoms with Gasteiger partial charge in [-0.15, -0.1) is 11.3 Å². The highest BCUT2D eigenvalue weighted by molar-refractivity contribution is 7.12. The first kappa shape index (κ1) is 18.2. The lowest BCUT2D eigenvalue weighted by atomic mass is 10.2. The smallest absolute Gasteiger partial charge is 0.338 e. The van der Waals surface area contributed by atoms with Crippen LogP contribution in [0.4, 0.5) is 5.69 Å². The summed E-state index contributed by atoms with van der Waals surface area (Å²) in [6.45, 7) is -0.229. The molecule has 1 heterocycles. The maximum atomic E-state index is 12.0. The predicted molar refractivity (Wildman–Crippen MR) is 92.2 cm³/mol. The minimum atomic E-state index is -0.678. The van der Waals surface area contributed by atoms with Crippen molar-refractivity contribution in [3.63, 3.8) is 0 Å². The monoisotopic (exact) mass is 357 g/mol. The fourth-order valence-electron chi connectivity index (χ4n) is 1.85. The summed E-state index contributed by atoms with van der Waals surface area (Å²) in [5, 5.41) is 15.3. The normalized spacial score (nSPS) is 9.72. The fourth-order valence-corrected chi connectivity index (χ4v) is 2.47. The Morgan fingerprint density at radius 1 is 1.20 bits per heavy atom. The van der Waals surface area contributed by atoms with Crippen molar-refractivity contribution in [2.24, 2.45) is 0 Å². The van der Waals surface area contributed by atoms with E-state index in [4.69, 9.17) is 10.00 Å². The quantitative estimate of drug-likeness (QED) is 0.583. The van der Waals surface area contributed by atoms with Crippen molar-refractivity contribution < 1.29 is 19.1 Å². The number of nitrogens with one attached hydrogen (secondary N) is 2. The van der Waals surface area contributed by atoms with Crippen LogP contribution in [0, 0.1) is 11.3 Å². The van der Waals surface area contributed by atoms with Crippen molar-refractivity contribution in [3.05, 3.63) is 52.2 Å². The number of nitriles is 1. The molecule has 0 aliphatic rings. The molecule has 128 valence electrons. The SMILES string of the molecule is N#CCCNC(=O)COC(=O)c1cccc(NC(=O)c2cccs2)c1. The summed E-state index contributed by atoms with van der Waals surface area (Å²) in [6.07, 6.45) is 0.186. The summed E-state index contributed by atoms with van der Waals surface area (Å²) >= 11 is 1.31. The first-order valence-electron chi connectivity index (χ1n) is 7.36.